The molecule has 0 aromatic carbocycles. The summed E-state index contributed by atoms with van der Waals surface area (Å²) in [7, 11) is 0. The molecule has 0 amide bonds. The van der Waals surface area contributed by atoms with E-state index in [1.54, 1.807) is 6.20 Å². The number of hydrogen-bond donors (Lipinski definition) is 0. The van der Waals surface area contributed by atoms with Gasteiger partial charge in [0.1, 0.15) is 0 Å². The molecule has 0 N–H and O–H groups in total. The van der Waals surface area contributed by atoms with E-state index >= 15 is 0 Å². The molecule has 132 valence electrons. The number of anilines is 1. The Kier molecular flexibility index (Phi) is 4.98. The van der Waals surface area contributed by atoms with Crippen LogP contribution in [0.25, 0.3) is 22.2 Å². The van der Waals surface area contributed by atoms with E-state index in [4.69, 9.17) is 4.74 Å². The van der Waals surface area contributed by atoms with Gasteiger partial charge >= 0.3 is 164 Å². The van der Waals surface area contributed by atoms with Gasteiger partial charge in [0.15, 0.2) is 0 Å². The monoisotopic (exact) mass is 551 g/mol. The SMILES string of the molecule is FC(F)Oc1cc2c(-c3ccnc(N4CCOCC4)c3)n[n]([Tl])c2cn1. The molecule has 1 fully saturated rings. The van der Waals surface area contributed by atoms with Crippen molar-refractivity contribution in [2.24, 2.45) is 0 Å². The molecule has 1 aliphatic rings. The first-order valence-corrected chi connectivity index (χ1v) is 10.0. The summed E-state index contributed by atoms with van der Waals surface area (Å²) in [5, 5.41) is 5.34. The predicted molar refractivity (Wildman–Crippen MR) is 91.6 cm³/mol. The van der Waals surface area contributed by atoms with Crippen LogP contribution in [0.1, 0.15) is 0 Å². The summed E-state index contributed by atoms with van der Waals surface area (Å²) in [6.45, 7) is -0.00483. The Bertz CT molecular complexity index is 930. The molecule has 0 saturated carbocycles. The molecule has 1 saturated heterocycles. The van der Waals surface area contributed by atoms with Gasteiger partial charge in [-0.1, -0.05) is 0 Å². The summed E-state index contributed by atoms with van der Waals surface area (Å²) < 4.78 is 36.7. The standard InChI is InChI=1S/C16H14F2N5O2.Tl/c17-16(18)25-14-8-11-12(9-20-14)21-22-15(11)10-1-2-19-13(7-10)23-3-5-24-6-4-23;/h1-2,7-9,16H,3-6H2;/q-1;+1. The van der Waals surface area contributed by atoms with Crippen LogP contribution in [0, 0.1) is 0 Å². The van der Waals surface area contributed by atoms with E-state index in [0.29, 0.717) is 45.0 Å². The number of nitrogens with zero attached hydrogens (tertiary/aromatic N) is 5. The maximum absolute atomic E-state index is 12.5. The van der Waals surface area contributed by atoms with Crippen LogP contribution >= 0.6 is 0 Å². The van der Waals surface area contributed by atoms with Gasteiger partial charge in [-0.25, -0.2) is 0 Å². The van der Waals surface area contributed by atoms with Crippen LogP contribution in [0.3, 0.4) is 0 Å². The number of alkyl halides is 2. The third-order valence-corrected chi connectivity index (χ3v) is 5.66. The van der Waals surface area contributed by atoms with Gasteiger partial charge in [-0.2, -0.15) is 0 Å². The van der Waals surface area contributed by atoms with Crippen LogP contribution in [0.4, 0.5) is 14.6 Å². The van der Waals surface area contributed by atoms with E-state index in [1.807, 2.05) is 14.6 Å². The number of ether oxygens (including phenoxy) is 2. The first-order valence-electron chi connectivity index (χ1n) is 7.99. The fourth-order valence-electron chi connectivity index (χ4n) is 2.92. The van der Waals surface area contributed by atoms with Gasteiger partial charge in [0, 0.05) is 0 Å². The topological polar surface area (TPSA) is 65.3 Å². The number of fused-ring (bicyclic) bond motifs is 1. The first-order chi connectivity index (χ1) is 12.6. The molecule has 10 heteroatoms. The second kappa shape index (κ2) is 7.39. The molecule has 0 radical (unpaired) electrons. The number of halogens is 2. The van der Waals surface area contributed by atoms with E-state index in [0.717, 1.165) is 35.4 Å². The molecule has 3 aromatic heterocycles. The molecule has 7 nitrogen and oxygen atoms in total. The molecule has 0 aliphatic carbocycles. The Balaban J connectivity index is 1.76. The quantitative estimate of drug-likeness (QED) is 0.463. The van der Waals surface area contributed by atoms with Gasteiger partial charge in [0.2, 0.25) is 0 Å². The number of hydrogen-bond acceptors (Lipinski definition) is 6. The van der Waals surface area contributed by atoms with Crippen molar-refractivity contribution in [3.8, 4) is 17.1 Å². The van der Waals surface area contributed by atoms with Crippen LogP contribution in [0.15, 0.2) is 30.6 Å². The molecule has 4 heterocycles. The summed E-state index contributed by atoms with van der Waals surface area (Å²) in [4.78, 5) is 10.5. The van der Waals surface area contributed by atoms with Crippen molar-refractivity contribution >= 4 is 42.8 Å². The molecular weight excluding hydrogens is 537 g/mol. The molecular formula is C16H14F2N5O2Tl. The van der Waals surface area contributed by atoms with Crippen molar-refractivity contribution < 1.29 is 18.3 Å². The summed E-state index contributed by atoms with van der Waals surface area (Å²) in [5.74, 6) is 0.733. The summed E-state index contributed by atoms with van der Waals surface area (Å²) in [6, 6.07) is 5.34. The summed E-state index contributed by atoms with van der Waals surface area (Å²) >= 11 is 0.417. The normalized spacial score (nSPS) is 14.9. The van der Waals surface area contributed by atoms with Gasteiger partial charge in [0.25, 0.3) is 0 Å². The van der Waals surface area contributed by atoms with Crippen molar-refractivity contribution in [3.05, 3.63) is 30.6 Å². The Hall–Kier alpha value is -1.89. The first kappa shape index (κ1) is 17.5. The molecule has 3 aromatic rings. The third kappa shape index (κ3) is 3.49. The van der Waals surface area contributed by atoms with Gasteiger partial charge < -0.3 is 0 Å². The van der Waals surface area contributed by atoms with Crippen LogP contribution < -0.4 is 9.64 Å². The van der Waals surface area contributed by atoms with Crippen LogP contribution in [0.2, 0.25) is 0 Å². The predicted octanol–water partition coefficient (Wildman–Crippen LogP) is 1.86. The van der Waals surface area contributed by atoms with E-state index in [9.17, 15) is 8.78 Å². The van der Waals surface area contributed by atoms with Crippen LogP contribution in [-0.4, -0.2) is 76.5 Å². The fraction of sp³-hybridized carbons (Fsp3) is 0.312. The number of morpholine rings is 1. The van der Waals surface area contributed by atoms with Crippen molar-refractivity contribution in [1.82, 2.24) is 17.6 Å². The van der Waals surface area contributed by atoms with Crippen molar-refractivity contribution in [2.75, 3.05) is 31.2 Å². The molecule has 0 bridgehead atoms. The second-order valence-corrected chi connectivity index (χ2v) is 7.62. The minimum atomic E-state index is -2.91. The Morgan fingerprint density at radius 2 is 2.00 bits per heavy atom. The molecule has 0 atom stereocenters. The summed E-state index contributed by atoms with van der Waals surface area (Å²) in [5.41, 5.74) is 2.39. The molecule has 26 heavy (non-hydrogen) atoms. The van der Waals surface area contributed by atoms with E-state index in [2.05, 4.69) is 24.7 Å². The Morgan fingerprint density at radius 1 is 1.19 bits per heavy atom. The van der Waals surface area contributed by atoms with E-state index in [1.165, 1.54) is 12.3 Å². The zero-order valence-corrected chi connectivity index (χ0v) is 18.2. The van der Waals surface area contributed by atoms with Gasteiger partial charge in [-0.15, -0.1) is 0 Å². The minimum absolute atomic E-state index is 0.116. The molecule has 1 aliphatic heterocycles. The van der Waals surface area contributed by atoms with Crippen molar-refractivity contribution in [1.29, 1.82) is 0 Å². The van der Waals surface area contributed by atoms with E-state index in [-0.39, 0.29) is 5.88 Å². The van der Waals surface area contributed by atoms with Gasteiger partial charge in [-0.05, 0) is 0 Å². The van der Waals surface area contributed by atoms with Gasteiger partial charge in [-0.3, -0.25) is 0 Å². The maximum atomic E-state index is 12.5. The fourth-order valence-corrected chi connectivity index (χ4v) is 4.17. The molecule has 0 unspecified atom stereocenters. The average molecular weight is 551 g/mol. The van der Waals surface area contributed by atoms with Gasteiger partial charge in [0.05, 0.1) is 0 Å². The molecule has 4 rings (SSSR count). The number of aromatic nitrogens is 4. The number of pyridine rings is 2. The number of rotatable bonds is 4. The van der Waals surface area contributed by atoms with Crippen molar-refractivity contribution in [3.63, 3.8) is 0 Å². The molecule has 0 spiro atoms. The average Bonchev–Trinajstić information content (AvgIpc) is 2.98. The van der Waals surface area contributed by atoms with Crippen molar-refractivity contribution in [2.45, 2.75) is 6.61 Å². The van der Waals surface area contributed by atoms with E-state index < -0.39 is 6.61 Å². The Labute approximate surface area is 164 Å². The third-order valence-electron chi connectivity index (χ3n) is 4.13. The van der Waals surface area contributed by atoms with Crippen LogP contribution in [0.5, 0.6) is 5.88 Å². The van der Waals surface area contributed by atoms with Crippen LogP contribution in [-0.2, 0) is 4.74 Å². The second-order valence-electron chi connectivity index (χ2n) is 5.71. The zero-order valence-electron chi connectivity index (χ0n) is 13.7. The zero-order chi connectivity index (χ0) is 18.1. The Morgan fingerprint density at radius 3 is 2.77 bits per heavy atom. The summed E-state index contributed by atoms with van der Waals surface area (Å²) in [6.07, 6.45) is 3.26.